The first-order valence-electron chi connectivity index (χ1n) is 10.1. The first-order valence-corrected chi connectivity index (χ1v) is 11.6. The average Bonchev–Trinajstić information content (AvgIpc) is 2.64. The van der Waals surface area contributed by atoms with E-state index in [1.807, 2.05) is 31.2 Å². The number of carbonyl (C=O) groups is 1. The highest BCUT2D eigenvalue weighted by atomic mass is 32.2. The van der Waals surface area contributed by atoms with Gasteiger partial charge in [-0.05, 0) is 57.9 Å². The van der Waals surface area contributed by atoms with Crippen LogP contribution in [0.15, 0.2) is 24.3 Å². The largest absolute Gasteiger partial charge is 0.372 e. The minimum Gasteiger partial charge on any atom is -0.372 e. The van der Waals surface area contributed by atoms with Crippen molar-refractivity contribution in [3.05, 3.63) is 24.3 Å². The number of hydrogen-bond donors (Lipinski definition) is 3. The third-order valence-corrected chi connectivity index (χ3v) is 6.58. The molecule has 3 atom stereocenters. The van der Waals surface area contributed by atoms with Crippen molar-refractivity contribution in [2.75, 3.05) is 36.4 Å². The van der Waals surface area contributed by atoms with Crippen LogP contribution in [-0.2, 0) is 14.8 Å². The zero-order valence-electron chi connectivity index (χ0n) is 17.9. The predicted molar refractivity (Wildman–Crippen MR) is 117 cm³/mol. The molecule has 2 amide bonds. The molecule has 29 heavy (non-hydrogen) atoms. The minimum atomic E-state index is -3.29. The molecule has 1 heterocycles. The molecule has 2 unspecified atom stereocenters. The van der Waals surface area contributed by atoms with Gasteiger partial charge >= 0.3 is 6.03 Å². The fraction of sp³-hybridized carbons (Fsp3) is 0.650. The van der Waals surface area contributed by atoms with E-state index in [0.717, 1.165) is 18.8 Å². The molecule has 0 radical (unpaired) electrons. The lowest BCUT2D eigenvalue weighted by Crippen LogP contribution is -2.45. The molecule has 164 valence electrons. The van der Waals surface area contributed by atoms with E-state index in [-0.39, 0.29) is 30.7 Å². The van der Waals surface area contributed by atoms with Gasteiger partial charge in [-0.15, -0.1) is 0 Å². The van der Waals surface area contributed by atoms with Gasteiger partial charge in [0, 0.05) is 37.6 Å². The molecule has 0 spiro atoms. The summed E-state index contributed by atoms with van der Waals surface area (Å²) in [6, 6.07) is 7.41. The van der Waals surface area contributed by atoms with Crippen molar-refractivity contribution < 1.29 is 17.9 Å². The van der Waals surface area contributed by atoms with Crippen molar-refractivity contribution in [1.29, 1.82) is 0 Å². The number of sulfonamides is 1. The minimum absolute atomic E-state index is 0.0260. The first kappa shape index (κ1) is 23.4. The third-order valence-electron chi connectivity index (χ3n) is 4.77. The van der Waals surface area contributed by atoms with Gasteiger partial charge < -0.3 is 20.3 Å². The van der Waals surface area contributed by atoms with Gasteiger partial charge in [0.1, 0.15) is 0 Å². The lowest BCUT2D eigenvalue weighted by molar-refractivity contribution is -0.00521. The highest BCUT2D eigenvalue weighted by Gasteiger charge is 2.22. The molecule has 1 aromatic rings. The second kappa shape index (κ2) is 10.3. The number of anilines is 2. The van der Waals surface area contributed by atoms with Crippen LogP contribution in [0.5, 0.6) is 0 Å². The average molecular weight is 427 g/mol. The van der Waals surface area contributed by atoms with E-state index in [1.54, 1.807) is 13.8 Å². The van der Waals surface area contributed by atoms with E-state index in [9.17, 15) is 13.2 Å². The summed E-state index contributed by atoms with van der Waals surface area (Å²) in [5.41, 5.74) is 1.80. The number of benzene rings is 1. The van der Waals surface area contributed by atoms with Crippen molar-refractivity contribution in [3.8, 4) is 0 Å². The second-order valence-electron chi connectivity index (χ2n) is 8.09. The SMILES string of the molecule is CC(CNC(=O)Nc1ccc(N2CC(C)O[C@@H](C)C2)cc1)CNS(=O)(=O)C(C)C. The Labute approximate surface area is 174 Å². The molecule has 1 aliphatic heterocycles. The van der Waals surface area contributed by atoms with Gasteiger partial charge in [0.05, 0.1) is 17.5 Å². The molecule has 2 rings (SSSR count). The number of nitrogens with zero attached hydrogens (tertiary/aromatic N) is 1. The Hall–Kier alpha value is -1.84. The Morgan fingerprint density at radius 1 is 1.10 bits per heavy atom. The summed E-state index contributed by atoms with van der Waals surface area (Å²) in [6.45, 7) is 11.6. The lowest BCUT2D eigenvalue weighted by atomic mass is 10.2. The lowest BCUT2D eigenvalue weighted by Gasteiger charge is -2.36. The molecule has 3 N–H and O–H groups in total. The zero-order chi connectivity index (χ0) is 21.6. The van der Waals surface area contributed by atoms with Crippen LogP contribution in [0, 0.1) is 5.92 Å². The quantitative estimate of drug-likeness (QED) is 0.593. The Morgan fingerprint density at radius 2 is 1.69 bits per heavy atom. The highest BCUT2D eigenvalue weighted by molar-refractivity contribution is 7.90. The number of amides is 2. The van der Waals surface area contributed by atoms with Crippen molar-refractivity contribution >= 4 is 27.4 Å². The number of hydrogen-bond acceptors (Lipinski definition) is 5. The maximum Gasteiger partial charge on any atom is 0.319 e. The van der Waals surface area contributed by atoms with Crippen LogP contribution >= 0.6 is 0 Å². The molecule has 0 aromatic heterocycles. The second-order valence-corrected chi connectivity index (χ2v) is 10.4. The van der Waals surface area contributed by atoms with Gasteiger partial charge in [-0.1, -0.05) is 6.92 Å². The number of rotatable bonds is 8. The first-order chi connectivity index (χ1) is 13.6. The molecule has 1 saturated heterocycles. The Bertz CT molecular complexity index is 757. The van der Waals surface area contributed by atoms with Gasteiger partial charge in [-0.25, -0.2) is 17.9 Å². The van der Waals surface area contributed by atoms with Crippen molar-refractivity contribution in [3.63, 3.8) is 0 Å². The maximum absolute atomic E-state index is 12.1. The van der Waals surface area contributed by atoms with Crippen LogP contribution in [0.4, 0.5) is 16.2 Å². The Morgan fingerprint density at radius 3 is 2.24 bits per heavy atom. The summed E-state index contributed by atoms with van der Waals surface area (Å²) in [6.07, 6.45) is 0.378. The number of ether oxygens (including phenoxy) is 1. The van der Waals surface area contributed by atoms with Gasteiger partial charge in [0.2, 0.25) is 10.0 Å². The van der Waals surface area contributed by atoms with E-state index < -0.39 is 15.3 Å². The van der Waals surface area contributed by atoms with E-state index in [2.05, 4.69) is 34.1 Å². The van der Waals surface area contributed by atoms with Crippen LogP contribution in [0.1, 0.15) is 34.6 Å². The molecule has 8 nitrogen and oxygen atoms in total. The molecular weight excluding hydrogens is 392 g/mol. The summed E-state index contributed by atoms with van der Waals surface area (Å²) < 4.78 is 31.9. The normalized spacial score (nSPS) is 21.1. The summed E-state index contributed by atoms with van der Waals surface area (Å²) in [4.78, 5) is 14.4. The Kier molecular flexibility index (Phi) is 8.30. The standard InChI is InChI=1S/C20H34N4O4S/c1-14(2)29(26,27)22-11-15(3)10-21-20(25)23-18-6-8-19(9-7-18)24-12-16(4)28-17(5)13-24/h6-9,14-17,22H,10-13H2,1-5H3,(H2,21,23,25)/t15?,16-,17?/m0/s1. The van der Waals surface area contributed by atoms with E-state index in [0.29, 0.717) is 12.2 Å². The Balaban J connectivity index is 1.77. The molecule has 0 bridgehead atoms. The van der Waals surface area contributed by atoms with Crippen LogP contribution in [0.3, 0.4) is 0 Å². The van der Waals surface area contributed by atoms with E-state index in [4.69, 9.17) is 4.74 Å². The number of nitrogens with one attached hydrogen (secondary N) is 3. The molecule has 1 aromatic carbocycles. The van der Waals surface area contributed by atoms with Crippen LogP contribution in [0.25, 0.3) is 0 Å². The summed E-state index contributed by atoms with van der Waals surface area (Å²) in [5.74, 6) is -0.0260. The molecule has 1 fully saturated rings. The molecular formula is C20H34N4O4S. The number of morpholine rings is 1. The van der Waals surface area contributed by atoms with Gasteiger partial charge in [-0.2, -0.15) is 0 Å². The van der Waals surface area contributed by atoms with Crippen molar-refractivity contribution in [1.82, 2.24) is 10.0 Å². The molecule has 1 aliphatic rings. The summed E-state index contributed by atoms with van der Waals surface area (Å²) >= 11 is 0. The molecule has 9 heteroatoms. The van der Waals surface area contributed by atoms with Crippen LogP contribution < -0.4 is 20.3 Å². The predicted octanol–water partition coefficient (Wildman–Crippen LogP) is 2.39. The topological polar surface area (TPSA) is 99.8 Å². The summed E-state index contributed by atoms with van der Waals surface area (Å²) in [7, 11) is -3.29. The van der Waals surface area contributed by atoms with Gasteiger partial charge in [0.25, 0.3) is 0 Å². The van der Waals surface area contributed by atoms with Gasteiger partial charge in [0.15, 0.2) is 0 Å². The van der Waals surface area contributed by atoms with Crippen molar-refractivity contribution in [2.24, 2.45) is 5.92 Å². The molecule has 0 saturated carbocycles. The summed E-state index contributed by atoms with van der Waals surface area (Å²) in [5, 5.41) is 5.10. The van der Waals surface area contributed by atoms with Gasteiger partial charge in [-0.3, -0.25) is 0 Å². The highest BCUT2D eigenvalue weighted by Crippen LogP contribution is 2.22. The van der Waals surface area contributed by atoms with E-state index >= 15 is 0 Å². The molecule has 0 aliphatic carbocycles. The van der Waals surface area contributed by atoms with Crippen LogP contribution in [-0.4, -0.2) is 58.1 Å². The van der Waals surface area contributed by atoms with E-state index in [1.165, 1.54) is 0 Å². The van der Waals surface area contributed by atoms with Crippen LogP contribution in [0.2, 0.25) is 0 Å². The van der Waals surface area contributed by atoms with Crippen molar-refractivity contribution in [2.45, 2.75) is 52.1 Å². The smallest absolute Gasteiger partial charge is 0.319 e. The number of urea groups is 1. The monoisotopic (exact) mass is 426 g/mol. The maximum atomic E-state index is 12.1. The zero-order valence-corrected chi connectivity index (χ0v) is 18.8. The fourth-order valence-electron chi connectivity index (χ4n) is 3.08. The number of carbonyl (C=O) groups excluding carboxylic acids is 1. The third kappa shape index (κ3) is 7.49. The fourth-order valence-corrected chi connectivity index (χ4v) is 3.93.